The predicted molar refractivity (Wildman–Crippen MR) is 95.7 cm³/mol. The first-order valence-electron chi connectivity index (χ1n) is 7.65. The molecule has 2 aromatic carbocycles. The first kappa shape index (κ1) is 18.8. The summed E-state index contributed by atoms with van der Waals surface area (Å²) in [5.41, 5.74) is 3.09. The van der Waals surface area contributed by atoms with E-state index < -0.39 is 11.8 Å². The average molecular weight is 357 g/mol. The highest BCUT2D eigenvalue weighted by atomic mass is 16.5. The van der Waals surface area contributed by atoms with E-state index in [1.807, 2.05) is 0 Å². The van der Waals surface area contributed by atoms with Crippen LogP contribution in [0.1, 0.15) is 15.9 Å². The molecule has 0 saturated carbocycles. The largest absolute Gasteiger partial charge is 0.507 e. The van der Waals surface area contributed by atoms with E-state index in [0.717, 1.165) is 0 Å². The average Bonchev–Trinajstić information content (AvgIpc) is 2.66. The summed E-state index contributed by atoms with van der Waals surface area (Å²) in [7, 11) is 3.06. The van der Waals surface area contributed by atoms with Gasteiger partial charge in [0, 0.05) is 0 Å². The van der Waals surface area contributed by atoms with Gasteiger partial charge in [-0.1, -0.05) is 12.1 Å². The first-order valence-corrected chi connectivity index (χ1v) is 7.65. The molecule has 0 radical (unpaired) electrons. The molecule has 136 valence electrons. The van der Waals surface area contributed by atoms with E-state index in [1.165, 1.54) is 32.6 Å². The Hall–Kier alpha value is -3.55. The molecule has 0 spiro atoms. The standard InChI is InChI=1S/C18H19N3O5/c1-25-15-8-7-12(9-16(15)26-2)10-20-21-17(23)11-19-18(24)13-5-3-4-6-14(13)22/h3-10,22H,11H2,1-2H3,(H,19,24)(H,21,23). The topological polar surface area (TPSA) is 109 Å². The molecule has 26 heavy (non-hydrogen) atoms. The quantitative estimate of drug-likeness (QED) is 0.511. The second-order valence-electron chi connectivity index (χ2n) is 5.11. The van der Waals surface area contributed by atoms with E-state index in [1.54, 1.807) is 30.3 Å². The summed E-state index contributed by atoms with van der Waals surface area (Å²) < 4.78 is 10.3. The molecule has 2 aromatic rings. The molecule has 0 heterocycles. The molecular formula is C18H19N3O5. The lowest BCUT2D eigenvalue weighted by Crippen LogP contribution is -2.34. The molecule has 0 atom stereocenters. The van der Waals surface area contributed by atoms with Crippen LogP contribution in [0.25, 0.3) is 0 Å². The van der Waals surface area contributed by atoms with E-state index in [0.29, 0.717) is 17.1 Å². The number of aromatic hydroxyl groups is 1. The minimum Gasteiger partial charge on any atom is -0.507 e. The van der Waals surface area contributed by atoms with Gasteiger partial charge >= 0.3 is 0 Å². The summed E-state index contributed by atoms with van der Waals surface area (Å²) in [4.78, 5) is 23.6. The normalized spacial score (nSPS) is 10.4. The molecule has 8 nitrogen and oxygen atoms in total. The summed E-state index contributed by atoms with van der Waals surface area (Å²) in [5, 5.41) is 15.8. The van der Waals surface area contributed by atoms with Crippen molar-refractivity contribution in [3.8, 4) is 17.2 Å². The van der Waals surface area contributed by atoms with Gasteiger partial charge in [0.2, 0.25) is 0 Å². The van der Waals surface area contributed by atoms with Crippen molar-refractivity contribution >= 4 is 18.0 Å². The minimum absolute atomic E-state index is 0.0918. The smallest absolute Gasteiger partial charge is 0.259 e. The van der Waals surface area contributed by atoms with Crippen LogP contribution in [0.4, 0.5) is 0 Å². The Kier molecular flexibility index (Phi) is 6.55. The zero-order valence-electron chi connectivity index (χ0n) is 14.4. The molecule has 8 heteroatoms. The van der Waals surface area contributed by atoms with Gasteiger partial charge in [0.15, 0.2) is 11.5 Å². The van der Waals surface area contributed by atoms with Crippen molar-refractivity contribution in [1.82, 2.24) is 10.7 Å². The van der Waals surface area contributed by atoms with Crippen LogP contribution < -0.4 is 20.2 Å². The van der Waals surface area contributed by atoms with E-state index in [2.05, 4.69) is 15.8 Å². The van der Waals surface area contributed by atoms with Crippen LogP contribution in [-0.2, 0) is 4.79 Å². The third-order valence-corrected chi connectivity index (χ3v) is 3.37. The first-order chi connectivity index (χ1) is 12.5. The lowest BCUT2D eigenvalue weighted by molar-refractivity contribution is -0.120. The Labute approximate surface area is 150 Å². The lowest BCUT2D eigenvalue weighted by atomic mass is 10.2. The number of nitrogens with zero attached hydrogens (tertiary/aromatic N) is 1. The molecule has 0 aliphatic carbocycles. The zero-order chi connectivity index (χ0) is 18.9. The molecule has 0 fully saturated rings. The molecule has 0 aliphatic heterocycles. The van der Waals surface area contributed by atoms with Gasteiger partial charge in [-0.3, -0.25) is 9.59 Å². The van der Waals surface area contributed by atoms with Crippen LogP contribution in [0.3, 0.4) is 0 Å². The van der Waals surface area contributed by atoms with E-state index >= 15 is 0 Å². The molecule has 0 aromatic heterocycles. The summed E-state index contributed by atoms with van der Waals surface area (Å²) >= 11 is 0. The van der Waals surface area contributed by atoms with Crippen molar-refractivity contribution in [3.63, 3.8) is 0 Å². The molecular weight excluding hydrogens is 338 g/mol. The second-order valence-corrected chi connectivity index (χ2v) is 5.11. The minimum atomic E-state index is -0.554. The van der Waals surface area contributed by atoms with E-state index in [9.17, 15) is 14.7 Å². The molecule has 0 unspecified atom stereocenters. The number of phenols is 1. The SMILES string of the molecule is COc1ccc(C=NNC(=O)CNC(=O)c2ccccc2O)cc1OC. The van der Waals surface area contributed by atoms with Crippen molar-refractivity contribution in [3.05, 3.63) is 53.6 Å². The fraction of sp³-hybridized carbons (Fsp3) is 0.167. The van der Waals surface area contributed by atoms with Gasteiger partial charge in [0.25, 0.3) is 11.8 Å². The van der Waals surface area contributed by atoms with Gasteiger partial charge in [0.05, 0.1) is 32.5 Å². The van der Waals surface area contributed by atoms with Crippen LogP contribution in [0.15, 0.2) is 47.6 Å². The van der Waals surface area contributed by atoms with Crippen LogP contribution in [0, 0.1) is 0 Å². The second kappa shape index (κ2) is 9.07. The Morgan fingerprint density at radius 1 is 1.12 bits per heavy atom. The summed E-state index contributed by atoms with van der Waals surface area (Å²) in [6.45, 7) is -0.281. The maximum atomic E-state index is 11.9. The number of methoxy groups -OCH3 is 2. The van der Waals surface area contributed by atoms with Gasteiger partial charge in [-0.2, -0.15) is 5.10 Å². The molecule has 0 bridgehead atoms. The third-order valence-electron chi connectivity index (χ3n) is 3.37. The molecule has 2 amide bonds. The van der Waals surface area contributed by atoms with Gasteiger partial charge in [-0.05, 0) is 35.9 Å². The van der Waals surface area contributed by atoms with Crippen molar-refractivity contribution in [2.24, 2.45) is 5.10 Å². The Balaban J connectivity index is 1.86. The van der Waals surface area contributed by atoms with Crippen molar-refractivity contribution in [2.45, 2.75) is 0 Å². The highest BCUT2D eigenvalue weighted by Crippen LogP contribution is 2.26. The number of hydrogen-bond donors (Lipinski definition) is 3. The number of amides is 2. The fourth-order valence-electron chi connectivity index (χ4n) is 2.07. The highest BCUT2D eigenvalue weighted by molar-refractivity contribution is 5.98. The number of carbonyl (C=O) groups is 2. The number of benzene rings is 2. The van der Waals surface area contributed by atoms with Gasteiger partial charge in [-0.25, -0.2) is 5.43 Å². The maximum absolute atomic E-state index is 11.9. The maximum Gasteiger partial charge on any atom is 0.259 e. The third kappa shape index (κ3) is 4.97. The van der Waals surface area contributed by atoms with Crippen molar-refractivity contribution in [2.75, 3.05) is 20.8 Å². The zero-order valence-corrected chi connectivity index (χ0v) is 14.4. The van der Waals surface area contributed by atoms with Gasteiger partial charge < -0.3 is 19.9 Å². The highest BCUT2D eigenvalue weighted by Gasteiger charge is 2.11. The molecule has 3 N–H and O–H groups in total. The fourth-order valence-corrected chi connectivity index (χ4v) is 2.07. The van der Waals surface area contributed by atoms with Crippen LogP contribution in [-0.4, -0.2) is 43.9 Å². The summed E-state index contributed by atoms with van der Waals surface area (Å²) in [6, 6.07) is 11.2. The Morgan fingerprint density at radius 3 is 2.54 bits per heavy atom. The van der Waals surface area contributed by atoms with Crippen molar-refractivity contribution < 1.29 is 24.2 Å². The van der Waals surface area contributed by atoms with Gasteiger partial charge in [0.1, 0.15) is 5.75 Å². The number of hydrazone groups is 1. The molecule has 0 aliphatic rings. The number of ether oxygens (including phenoxy) is 2. The number of phenolic OH excluding ortho intramolecular Hbond substituents is 1. The lowest BCUT2D eigenvalue weighted by Gasteiger charge is -2.07. The molecule has 2 rings (SSSR count). The van der Waals surface area contributed by atoms with Crippen LogP contribution in [0.2, 0.25) is 0 Å². The van der Waals surface area contributed by atoms with E-state index in [-0.39, 0.29) is 17.9 Å². The number of rotatable bonds is 7. The van der Waals surface area contributed by atoms with Gasteiger partial charge in [-0.15, -0.1) is 0 Å². The summed E-state index contributed by atoms with van der Waals surface area (Å²) in [5.74, 6) is -0.0947. The number of nitrogens with one attached hydrogen (secondary N) is 2. The number of para-hydroxylation sites is 1. The van der Waals surface area contributed by atoms with Crippen LogP contribution >= 0.6 is 0 Å². The van der Waals surface area contributed by atoms with E-state index in [4.69, 9.17) is 9.47 Å². The van der Waals surface area contributed by atoms with Crippen molar-refractivity contribution in [1.29, 1.82) is 0 Å². The Bertz CT molecular complexity index is 820. The summed E-state index contributed by atoms with van der Waals surface area (Å²) in [6.07, 6.45) is 1.44. The monoisotopic (exact) mass is 357 g/mol. The number of carbonyl (C=O) groups excluding carboxylic acids is 2. The predicted octanol–water partition coefficient (Wildman–Crippen LogP) is 1.29. The Morgan fingerprint density at radius 2 is 1.85 bits per heavy atom. The molecule has 0 saturated heterocycles. The number of hydrogen-bond acceptors (Lipinski definition) is 6. The van der Waals surface area contributed by atoms with Crippen LogP contribution in [0.5, 0.6) is 17.2 Å².